The minimum Gasteiger partial charge on any atom is -0.489 e. The van der Waals surface area contributed by atoms with Gasteiger partial charge in [0.05, 0.1) is 6.54 Å². The van der Waals surface area contributed by atoms with Crippen LogP contribution in [0, 0.1) is 6.92 Å². The van der Waals surface area contributed by atoms with Crippen molar-refractivity contribution in [2.24, 2.45) is 0 Å². The summed E-state index contributed by atoms with van der Waals surface area (Å²) in [7, 11) is 3.99. The number of likely N-dealkylation sites (N-methyl/N-ethyl adjacent to an activating group) is 1. The molecule has 0 aromatic heterocycles. The number of likely N-dealkylation sites (tertiary alicyclic amines) is 1. The van der Waals surface area contributed by atoms with Crippen molar-refractivity contribution in [3.63, 3.8) is 0 Å². The standard InChI is InChI=1S/C16H25N3O2.C2H2O4/c1-13-4-6-14(7-5-13)21-15-8-10-19(12-15)16(20)17-9-11-18(2)3;3-1(4)2(5)6/h4-7,15H,8-12H2,1-3H3,(H,17,20);(H,3,4)(H,5,6). The summed E-state index contributed by atoms with van der Waals surface area (Å²) in [4.78, 5) is 34.1. The average molecular weight is 381 g/mol. The van der Waals surface area contributed by atoms with Crippen molar-refractivity contribution in [1.82, 2.24) is 15.1 Å². The number of hydrogen-bond acceptors (Lipinski definition) is 5. The van der Waals surface area contributed by atoms with E-state index in [1.54, 1.807) is 0 Å². The van der Waals surface area contributed by atoms with E-state index in [1.807, 2.05) is 48.2 Å². The molecule has 1 unspecified atom stereocenters. The molecule has 150 valence electrons. The van der Waals surface area contributed by atoms with Crippen LogP contribution >= 0.6 is 0 Å². The molecular formula is C18H27N3O6. The first-order chi connectivity index (χ1) is 12.7. The molecule has 1 atom stereocenters. The van der Waals surface area contributed by atoms with E-state index in [0.717, 1.165) is 25.3 Å². The minimum atomic E-state index is -1.82. The first-order valence-corrected chi connectivity index (χ1v) is 8.56. The molecule has 0 spiro atoms. The Labute approximate surface area is 158 Å². The molecule has 1 aromatic rings. The van der Waals surface area contributed by atoms with Gasteiger partial charge in [0.15, 0.2) is 0 Å². The Bertz CT molecular complexity index is 620. The fraction of sp³-hybridized carbons (Fsp3) is 0.500. The van der Waals surface area contributed by atoms with E-state index in [-0.39, 0.29) is 12.1 Å². The van der Waals surface area contributed by atoms with Crippen molar-refractivity contribution < 1.29 is 29.3 Å². The van der Waals surface area contributed by atoms with E-state index in [9.17, 15) is 4.79 Å². The van der Waals surface area contributed by atoms with Crippen LogP contribution in [0.25, 0.3) is 0 Å². The van der Waals surface area contributed by atoms with Crippen molar-refractivity contribution in [2.45, 2.75) is 19.4 Å². The van der Waals surface area contributed by atoms with Gasteiger partial charge in [-0.15, -0.1) is 0 Å². The number of nitrogens with zero attached hydrogens (tertiary/aromatic N) is 2. The molecule has 0 aliphatic carbocycles. The van der Waals surface area contributed by atoms with E-state index in [0.29, 0.717) is 13.1 Å². The summed E-state index contributed by atoms with van der Waals surface area (Å²) in [6, 6.07) is 8.04. The Hall–Kier alpha value is -2.81. The number of carbonyl (C=O) groups excluding carboxylic acids is 1. The van der Waals surface area contributed by atoms with Gasteiger partial charge in [-0.05, 0) is 33.2 Å². The first kappa shape index (κ1) is 22.2. The number of urea groups is 1. The summed E-state index contributed by atoms with van der Waals surface area (Å²) in [6.07, 6.45) is 0.974. The molecule has 0 radical (unpaired) electrons. The predicted molar refractivity (Wildman–Crippen MR) is 99.0 cm³/mol. The Balaban J connectivity index is 0.000000527. The van der Waals surface area contributed by atoms with Crippen LogP contribution in [-0.2, 0) is 9.59 Å². The highest BCUT2D eigenvalue weighted by Crippen LogP contribution is 2.18. The van der Waals surface area contributed by atoms with Gasteiger partial charge >= 0.3 is 18.0 Å². The van der Waals surface area contributed by atoms with Gasteiger partial charge in [0.2, 0.25) is 0 Å². The molecular weight excluding hydrogens is 354 g/mol. The number of benzene rings is 1. The Morgan fingerprint density at radius 3 is 2.30 bits per heavy atom. The van der Waals surface area contributed by atoms with E-state index < -0.39 is 11.9 Å². The van der Waals surface area contributed by atoms with E-state index in [2.05, 4.69) is 12.2 Å². The molecule has 2 amide bonds. The van der Waals surface area contributed by atoms with Crippen molar-refractivity contribution in [3.8, 4) is 5.75 Å². The maximum absolute atomic E-state index is 12.0. The normalized spacial score (nSPS) is 15.7. The lowest BCUT2D eigenvalue weighted by atomic mass is 10.2. The smallest absolute Gasteiger partial charge is 0.414 e. The van der Waals surface area contributed by atoms with Gasteiger partial charge in [-0.25, -0.2) is 14.4 Å². The Kier molecular flexibility index (Phi) is 9.07. The number of carboxylic acid groups (broad SMARTS) is 2. The zero-order chi connectivity index (χ0) is 20.4. The van der Waals surface area contributed by atoms with Crippen LogP contribution in [0.4, 0.5) is 4.79 Å². The Morgan fingerprint density at radius 1 is 1.19 bits per heavy atom. The zero-order valence-corrected chi connectivity index (χ0v) is 15.8. The van der Waals surface area contributed by atoms with Crippen LogP contribution in [0.5, 0.6) is 5.75 Å². The molecule has 3 N–H and O–H groups in total. The quantitative estimate of drug-likeness (QED) is 0.648. The molecule has 1 saturated heterocycles. The van der Waals surface area contributed by atoms with E-state index >= 15 is 0 Å². The second kappa shape index (κ2) is 11.0. The average Bonchev–Trinajstić information content (AvgIpc) is 3.05. The molecule has 0 saturated carbocycles. The highest BCUT2D eigenvalue weighted by Gasteiger charge is 2.27. The molecule has 27 heavy (non-hydrogen) atoms. The lowest BCUT2D eigenvalue weighted by Crippen LogP contribution is -2.41. The summed E-state index contributed by atoms with van der Waals surface area (Å²) >= 11 is 0. The maximum atomic E-state index is 12.0. The van der Waals surface area contributed by atoms with E-state index in [4.69, 9.17) is 24.5 Å². The molecule has 0 bridgehead atoms. The number of nitrogens with one attached hydrogen (secondary N) is 1. The number of rotatable bonds is 5. The van der Waals surface area contributed by atoms with Crippen molar-refractivity contribution >= 4 is 18.0 Å². The number of ether oxygens (including phenoxy) is 1. The lowest BCUT2D eigenvalue weighted by molar-refractivity contribution is -0.159. The molecule has 9 heteroatoms. The highest BCUT2D eigenvalue weighted by molar-refractivity contribution is 6.27. The third-order valence-corrected chi connectivity index (χ3v) is 3.77. The largest absolute Gasteiger partial charge is 0.489 e. The third-order valence-electron chi connectivity index (χ3n) is 3.77. The fourth-order valence-electron chi connectivity index (χ4n) is 2.32. The van der Waals surface area contributed by atoms with Crippen LogP contribution in [0.15, 0.2) is 24.3 Å². The van der Waals surface area contributed by atoms with Crippen molar-refractivity contribution in [2.75, 3.05) is 40.3 Å². The third kappa shape index (κ3) is 8.91. The van der Waals surface area contributed by atoms with Crippen molar-refractivity contribution in [3.05, 3.63) is 29.8 Å². The molecule has 2 rings (SSSR count). The number of aliphatic carboxylic acids is 2. The number of hydrogen-bond donors (Lipinski definition) is 3. The second-order valence-corrected chi connectivity index (χ2v) is 6.43. The minimum absolute atomic E-state index is 0.00635. The summed E-state index contributed by atoms with van der Waals surface area (Å²) in [5, 5.41) is 17.7. The fourth-order valence-corrected chi connectivity index (χ4v) is 2.32. The van der Waals surface area contributed by atoms with Gasteiger partial charge < -0.3 is 30.1 Å². The number of amides is 2. The SMILES string of the molecule is Cc1ccc(OC2CCN(C(=O)NCCN(C)C)C2)cc1.O=C(O)C(=O)O. The van der Waals surface area contributed by atoms with Gasteiger partial charge in [-0.3, -0.25) is 0 Å². The van der Waals surface area contributed by atoms with Crippen LogP contribution in [0.2, 0.25) is 0 Å². The maximum Gasteiger partial charge on any atom is 0.414 e. The molecule has 1 fully saturated rings. The highest BCUT2D eigenvalue weighted by atomic mass is 16.5. The van der Waals surface area contributed by atoms with Crippen LogP contribution < -0.4 is 10.1 Å². The van der Waals surface area contributed by atoms with Gasteiger partial charge in [0, 0.05) is 26.1 Å². The van der Waals surface area contributed by atoms with Crippen LogP contribution in [-0.4, -0.2) is 84.4 Å². The summed E-state index contributed by atoms with van der Waals surface area (Å²) < 4.78 is 5.92. The predicted octanol–water partition coefficient (Wildman–Crippen LogP) is 0.875. The van der Waals surface area contributed by atoms with Gasteiger partial charge in [0.1, 0.15) is 11.9 Å². The zero-order valence-electron chi connectivity index (χ0n) is 15.8. The number of carboxylic acids is 2. The second-order valence-electron chi connectivity index (χ2n) is 6.43. The van der Waals surface area contributed by atoms with Gasteiger partial charge in [-0.2, -0.15) is 0 Å². The van der Waals surface area contributed by atoms with Crippen molar-refractivity contribution in [1.29, 1.82) is 0 Å². The number of carbonyl (C=O) groups is 3. The van der Waals surface area contributed by atoms with Crippen LogP contribution in [0.1, 0.15) is 12.0 Å². The van der Waals surface area contributed by atoms with Crippen LogP contribution in [0.3, 0.4) is 0 Å². The summed E-state index contributed by atoms with van der Waals surface area (Å²) in [5.74, 6) is -2.77. The molecule has 1 aliphatic rings. The summed E-state index contributed by atoms with van der Waals surface area (Å²) in [6.45, 7) is 4.99. The Morgan fingerprint density at radius 2 is 1.78 bits per heavy atom. The number of aryl methyl sites for hydroxylation is 1. The van der Waals surface area contributed by atoms with E-state index in [1.165, 1.54) is 5.56 Å². The van der Waals surface area contributed by atoms with Gasteiger partial charge in [0.25, 0.3) is 0 Å². The molecule has 1 aliphatic heterocycles. The molecule has 9 nitrogen and oxygen atoms in total. The molecule has 1 aromatic carbocycles. The first-order valence-electron chi connectivity index (χ1n) is 8.56. The molecule has 1 heterocycles. The monoisotopic (exact) mass is 381 g/mol. The lowest BCUT2D eigenvalue weighted by Gasteiger charge is -2.19. The topological polar surface area (TPSA) is 119 Å². The summed E-state index contributed by atoms with van der Waals surface area (Å²) in [5.41, 5.74) is 1.22. The van der Waals surface area contributed by atoms with Gasteiger partial charge in [-0.1, -0.05) is 17.7 Å².